The average Bonchev–Trinajstić information content (AvgIpc) is 3.01. The molecule has 0 amide bonds. The fourth-order valence-electron chi connectivity index (χ4n) is 2.70. The van der Waals surface area contributed by atoms with E-state index in [1.54, 1.807) is 14.2 Å². The van der Waals surface area contributed by atoms with Gasteiger partial charge < -0.3 is 19.5 Å². The Morgan fingerprint density at radius 1 is 1.15 bits per heavy atom. The topological polar surface area (TPSA) is 39.7 Å². The molecule has 0 saturated heterocycles. The normalized spacial score (nSPS) is 17.1. The summed E-state index contributed by atoms with van der Waals surface area (Å²) in [5.41, 5.74) is 1.16. The van der Waals surface area contributed by atoms with Crippen molar-refractivity contribution in [2.24, 2.45) is 0 Å². The Bertz CT molecular complexity index is 416. The highest BCUT2D eigenvalue weighted by Crippen LogP contribution is 2.30. The molecule has 0 spiro atoms. The first kappa shape index (κ1) is 15.1. The number of ether oxygens (including phenoxy) is 3. The van der Waals surface area contributed by atoms with Gasteiger partial charge in [0.1, 0.15) is 0 Å². The number of hydrogen-bond acceptors (Lipinski definition) is 4. The summed E-state index contributed by atoms with van der Waals surface area (Å²) in [5.74, 6) is 1.51. The van der Waals surface area contributed by atoms with E-state index in [4.69, 9.17) is 14.2 Å². The van der Waals surface area contributed by atoms with E-state index in [2.05, 4.69) is 11.4 Å². The van der Waals surface area contributed by atoms with Crippen LogP contribution < -0.4 is 14.8 Å². The van der Waals surface area contributed by atoms with Gasteiger partial charge in [0.05, 0.1) is 33.0 Å². The van der Waals surface area contributed by atoms with Crippen LogP contribution in [-0.4, -0.2) is 34.0 Å². The fourth-order valence-corrected chi connectivity index (χ4v) is 2.70. The van der Waals surface area contributed by atoms with Crippen LogP contribution in [0.25, 0.3) is 0 Å². The molecule has 0 heterocycles. The predicted octanol–water partition coefficient (Wildman–Crippen LogP) is 2.92. The summed E-state index contributed by atoms with van der Waals surface area (Å²) in [6.07, 6.45) is 5.42. The zero-order chi connectivity index (χ0) is 14.4. The lowest BCUT2D eigenvalue weighted by molar-refractivity contribution is 0.0438. The number of benzene rings is 1. The largest absolute Gasteiger partial charge is 0.493 e. The van der Waals surface area contributed by atoms with Gasteiger partial charge in [0, 0.05) is 0 Å². The Morgan fingerprint density at radius 3 is 2.45 bits per heavy atom. The van der Waals surface area contributed by atoms with Crippen molar-refractivity contribution >= 4 is 0 Å². The lowest BCUT2D eigenvalue weighted by Gasteiger charge is -2.20. The molecule has 1 unspecified atom stereocenters. The van der Waals surface area contributed by atoms with Crippen LogP contribution in [-0.2, 0) is 4.74 Å². The maximum Gasteiger partial charge on any atom is 0.161 e. The molecule has 0 aliphatic heterocycles. The van der Waals surface area contributed by atoms with Crippen molar-refractivity contribution in [2.75, 3.05) is 27.9 Å². The van der Waals surface area contributed by atoms with Gasteiger partial charge >= 0.3 is 0 Å². The first-order valence-corrected chi connectivity index (χ1v) is 7.29. The number of methoxy groups -OCH3 is 2. The van der Waals surface area contributed by atoms with Gasteiger partial charge in [-0.25, -0.2) is 0 Å². The van der Waals surface area contributed by atoms with Crippen molar-refractivity contribution in [2.45, 2.75) is 37.8 Å². The van der Waals surface area contributed by atoms with Gasteiger partial charge in [-0.2, -0.15) is 0 Å². The Hall–Kier alpha value is -1.26. The summed E-state index contributed by atoms with van der Waals surface area (Å²) in [4.78, 5) is 0. The molecule has 1 aromatic rings. The zero-order valence-electron chi connectivity index (χ0n) is 12.6. The Balaban J connectivity index is 2.02. The molecule has 1 atom stereocenters. The van der Waals surface area contributed by atoms with Gasteiger partial charge in [-0.05, 0) is 37.6 Å². The molecule has 4 heteroatoms. The van der Waals surface area contributed by atoms with Crippen LogP contribution in [0.2, 0.25) is 0 Å². The first-order valence-electron chi connectivity index (χ1n) is 7.29. The summed E-state index contributed by atoms with van der Waals surface area (Å²) in [6.45, 7) is 0.691. The zero-order valence-corrected chi connectivity index (χ0v) is 12.6. The van der Waals surface area contributed by atoms with Gasteiger partial charge in [-0.1, -0.05) is 18.9 Å². The lowest BCUT2D eigenvalue weighted by Crippen LogP contribution is -2.24. The van der Waals surface area contributed by atoms with Gasteiger partial charge in [0.2, 0.25) is 0 Å². The monoisotopic (exact) mass is 279 g/mol. The third kappa shape index (κ3) is 3.64. The van der Waals surface area contributed by atoms with E-state index in [9.17, 15) is 0 Å². The summed E-state index contributed by atoms with van der Waals surface area (Å²) in [5, 5.41) is 3.31. The number of hydrogen-bond donors (Lipinski definition) is 1. The molecular formula is C16H25NO3. The Labute approximate surface area is 121 Å². The predicted molar refractivity (Wildman–Crippen MR) is 79.6 cm³/mol. The minimum atomic E-state index is 0.176. The summed E-state index contributed by atoms with van der Waals surface area (Å²) >= 11 is 0. The maximum absolute atomic E-state index is 6.01. The van der Waals surface area contributed by atoms with Crippen molar-refractivity contribution in [3.05, 3.63) is 23.8 Å². The van der Waals surface area contributed by atoms with Gasteiger partial charge in [-0.15, -0.1) is 0 Å². The van der Waals surface area contributed by atoms with Gasteiger partial charge in [0.25, 0.3) is 0 Å². The molecule has 1 saturated carbocycles. The second kappa shape index (κ2) is 7.50. The van der Waals surface area contributed by atoms with E-state index in [0.29, 0.717) is 12.7 Å². The molecule has 0 bridgehead atoms. The van der Waals surface area contributed by atoms with Crippen LogP contribution in [0.3, 0.4) is 0 Å². The quantitative estimate of drug-likeness (QED) is 0.833. The molecule has 112 valence electrons. The van der Waals surface area contributed by atoms with Gasteiger partial charge in [0.15, 0.2) is 11.5 Å². The van der Waals surface area contributed by atoms with Crippen LogP contribution in [0.1, 0.15) is 37.3 Å². The van der Waals surface area contributed by atoms with Crippen molar-refractivity contribution in [1.82, 2.24) is 5.32 Å². The van der Waals surface area contributed by atoms with Crippen LogP contribution in [0.15, 0.2) is 18.2 Å². The van der Waals surface area contributed by atoms with Crippen LogP contribution in [0.5, 0.6) is 11.5 Å². The fraction of sp³-hybridized carbons (Fsp3) is 0.625. The molecule has 1 fully saturated rings. The SMILES string of the molecule is CNC(COC1CCCC1)c1ccc(OC)c(OC)c1. The number of nitrogens with one attached hydrogen (secondary N) is 1. The third-order valence-corrected chi connectivity index (χ3v) is 3.96. The standard InChI is InChI=1S/C16H25NO3/c1-17-14(11-20-13-6-4-5-7-13)12-8-9-15(18-2)16(10-12)19-3/h8-10,13-14,17H,4-7,11H2,1-3H3. The molecule has 1 N–H and O–H groups in total. The second-order valence-corrected chi connectivity index (χ2v) is 5.20. The average molecular weight is 279 g/mol. The smallest absolute Gasteiger partial charge is 0.161 e. The molecule has 1 aromatic carbocycles. The lowest BCUT2D eigenvalue weighted by atomic mass is 10.1. The maximum atomic E-state index is 6.01. The van der Waals surface area contributed by atoms with Gasteiger partial charge in [-0.3, -0.25) is 0 Å². The van der Waals surface area contributed by atoms with Crippen molar-refractivity contribution in [3.8, 4) is 11.5 Å². The third-order valence-electron chi connectivity index (χ3n) is 3.96. The Kier molecular flexibility index (Phi) is 5.68. The molecule has 0 radical (unpaired) electrons. The summed E-state index contributed by atoms with van der Waals surface area (Å²) in [6, 6.07) is 6.18. The van der Waals surface area contributed by atoms with Crippen molar-refractivity contribution < 1.29 is 14.2 Å². The second-order valence-electron chi connectivity index (χ2n) is 5.20. The highest BCUT2D eigenvalue weighted by molar-refractivity contribution is 5.43. The highest BCUT2D eigenvalue weighted by Gasteiger charge is 2.19. The van der Waals surface area contributed by atoms with E-state index < -0.39 is 0 Å². The van der Waals surface area contributed by atoms with E-state index in [1.807, 2.05) is 19.2 Å². The minimum absolute atomic E-state index is 0.176. The molecule has 2 rings (SSSR count). The first-order chi connectivity index (χ1) is 9.78. The van der Waals surface area contributed by atoms with Crippen LogP contribution in [0.4, 0.5) is 0 Å². The highest BCUT2D eigenvalue weighted by atomic mass is 16.5. The number of likely N-dealkylation sites (N-methyl/N-ethyl adjacent to an activating group) is 1. The van der Waals surface area contributed by atoms with Crippen molar-refractivity contribution in [1.29, 1.82) is 0 Å². The molecule has 20 heavy (non-hydrogen) atoms. The molecule has 0 aromatic heterocycles. The summed E-state index contributed by atoms with van der Waals surface area (Å²) < 4.78 is 16.6. The molecule has 1 aliphatic carbocycles. The van der Waals surface area contributed by atoms with E-state index in [-0.39, 0.29) is 6.04 Å². The molecule has 1 aliphatic rings. The van der Waals surface area contributed by atoms with Crippen molar-refractivity contribution in [3.63, 3.8) is 0 Å². The van der Waals surface area contributed by atoms with E-state index >= 15 is 0 Å². The van der Waals surface area contributed by atoms with Crippen LogP contribution >= 0.6 is 0 Å². The molecule has 4 nitrogen and oxygen atoms in total. The molecular weight excluding hydrogens is 254 g/mol. The minimum Gasteiger partial charge on any atom is -0.493 e. The Morgan fingerprint density at radius 2 is 1.85 bits per heavy atom. The van der Waals surface area contributed by atoms with E-state index in [1.165, 1.54) is 25.7 Å². The van der Waals surface area contributed by atoms with Crippen LogP contribution in [0, 0.1) is 0 Å². The summed E-state index contributed by atoms with van der Waals surface area (Å²) in [7, 11) is 5.26. The van der Waals surface area contributed by atoms with E-state index in [0.717, 1.165) is 17.1 Å². The number of rotatable bonds is 7.